The molecule has 1 N–H and O–H groups in total. The van der Waals surface area contributed by atoms with Gasteiger partial charge in [0.2, 0.25) is 5.28 Å². The molecule has 1 heterocycles. The zero-order valence-electron chi connectivity index (χ0n) is 14.4. The molecule has 5 nitrogen and oxygen atoms in total. The first-order valence-electron chi connectivity index (χ1n) is 7.82. The highest BCUT2D eigenvalue weighted by Gasteiger charge is 2.26. The van der Waals surface area contributed by atoms with Crippen molar-refractivity contribution in [1.29, 1.82) is 0 Å². The molecule has 0 saturated heterocycles. The number of halogens is 2. The number of imidazole rings is 1. The number of fused-ring (bicyclic) bond motifs is 1. The molecule has 7 heteroatoms. The Morgan fingerprint density at radius 1 is 1.25 bits per heavy atom. The Labute approximate surface area is 145 Å². The van der Waals surface area contributed by atoms with E-state index in [1.165, 1.54) is 13.0 Å². The van der Waals surface area contributed by atoms with E-state index in [0.717, 1.165) is 0 Å². The molecule has 1 atom stereocenters. The number of aromatic nitrogens is 2. The first kappa shape index (κ1) is 18.4. The number of carbonyl (C=O) groups excluding carboxylic acids is 2. The number of rotatable bonds is 5. The maximum absolute atomic E-state index is 14.3. The first-order valence-corrected chi connectivity index (χ1v) is 8.20. The lowest BCUT2D eigenvalue weighted by atomic mass is 10.00. The molecule has 0 radical (unpaired) electrons. The van der Waals surface area contributed by atoms with Gasteiger partial charge in [-0.15, -0.1) is 0 Å². The van der Waals surface area contributed by atoms with Crippen molar-refractivity contribution in [3.05, 3.63) is 28.8 Å². The van der Waals surface area contributed by atoms with E-state index in [1.807, 2.05) is 27.7 Å². The quantitative estimate of drug-likeness (QED) is 0.890. The van der Waals surface area contributed by atoms with Crippen LogP contribution >= 0.6 is 11.6 Å². The summed E-state index contributed by atoms with van der Waals surface area (Å²) in [5.41, 5.74) is 0.573. The largest absolute Gasteiger partial charge is 0.342 e. The molecule has 0 bridgehead atoms. The summed E-state index contributed by atoms with van der Waals surface area (Å²) in [5.74, 6) is -1.66. The maximum Gasteiger partial charge on any atom is 0.257 e. The molecular formula is C17H21ClFN3O2. The zero-order valence-corrected chi connectivity index (χ0v) is 15.1. The molecule has 0 fully saturated rings. The van der Waals surface area contributed by atoms with Crippen LogP contribution in [0.5, 0.6) is 0 Å². The Morgan fingerprint density at radius 2 is 1.88 bits per heavy atom. The summed E-state index contributed by atoms with van der Waals surface area (Å²) >= 11 is 6.14. The van der Waals surface area contributed by atoms with Crippen molar-refractivity contribution in [2.24, 2.45) is 5.92 Å². The van der Waals surface area contributed by atoms with Gasteiger partial charge < -0.3 is 9.88 Å². The summed E-state index contributed by atoms with van der Waals surface area (Å²) in [7, 11) is 0. The number of benzene rings is 1. The molecule has 24 heavy (non-hydrogen) atoms. The summed E-state index contributed by atoms with van der Waals surface area (Å²) in [6, 6.07) is 2.08. The standard InChI is InChI=1S/C17H21ClFN3O2/c1-8(2)14(10(5)23)20-16(24)13-11(19)6-7-12-15(13)21-17(18)22(12)9(3)4/h6-9,14H,1-5H3,(H,20,24). The lowest BCUT2D eigenvalue weighted by molar-refractivity contribution is -0.119. The molecule has 1 amide bonds. The highest BCUT2D eigenvalue weighted by molar-refractivity contribution is 6.29. The van der Waals surface area contributed by atoms with E-state index in [4.69, 9.17) is 11.6 Å². The molecule has 1 unspecified atom stereocenters. The van der Waals surface area contributed by atoms with Gasteiger partial charge in [-0.05, 0) is 50.4 Å². The van der Waals surface area contributed by atoms with E-state index in [9.17, 15) is 14.0 Å². The Hall–Kier alpha value is -1.95. The van der Waals surface area contributed by atoms with Crippen LogP contribution in [-0.2, 0) is 4.79 Å². The Kier molecular flexibility index (Phi) is 5.28. The van der Waals surface area contributed by atoms with Crippen molar-refractivity contribution in [2.45, 2.75) is 46.7 Å². The van der Waals surface area contributed by atoms with Crippen LogP contribution < -0.4 is 5.32 Å². The Morgan fingerprint density at radius 3 is 2.38 bits per heavy atom. The van der Waals surface area contributed by atoms with Gasteiger partial charge in [0.15, 0.2) is 5.78 Å². The third-order valence-corrected chi connectivity index (χ3v) is 4.17. The number of ketones is 1. The topological polar surface area (TPSA) is 64.0 Å². The van der Waals surface area contributed by atoms with Crippen molar-refractivity contribution in [3.8, 4) is 0 Å². The molecule has 0 aliphatic carbocycles. The molecular weight excluding hydrogens is 333 g/mol. The molecule has 0 spiro atoms. The number of hydrogen-bond donors (Lipinski definition) is 1. The van der Waals surface area contributed by atoms with Crippen molar-refractivity contribution < 1.29 is 14.0 Å². The molecule has 0 saturated carbocycles. The molecule has 1 aromatic heterocycles. The number of nitrogens with one attached hydrogen (secondary N) is 1. The van der Waals surface area contributed by atoms with Crippen LogP contribution in [0.3, 0.4) is 0 Å². The second kappa shape index (κ2) is 6.89. The van der Waals surface area contributed by atoms with E-state index >= 15 is 0 Å². The maximum atomic E-state index is 14.3. The van der Waals surface area contributed by atoms with Crippen molar-refractivity contribution >= 4 is 34.3 Å². The summed E-state index contributed by atoms with van der Waals surface area (Å²) in [5, 5.41) is 2.79. The van der Waals surface area contributed by atoms with Gasteiger partial charge in [0, 0.05) is 6.04 Å². The predicted molar refractivity (Wildman–Crippen MR) is 91.9 cm³/mol. The molecule has 0 aliphatic heterocycles. The minimum absolute atomic E-state index is 0.00417. The van der Waals surface area contributed by atoms with Crippen LogP contribution in [0.4, 0.5) is 4.39 Å². The van der Waals surface area contributed by atoms with Gasteiger partial charge in [0.05, 0.1) is 11.6 Å². The number of nitrogens with zero attached hydrogens (tertiary/aromatic N) is 2. The van der Waals surface area contributed by atoms with E-state index in [1.54, 1.807) is 10.6 Å². The summed E-state index contributed by atoms with van der Waals surface area (Å²) < 4.78 is 16.0. The number of amides is 1. The zero-order chi connectivity index (χ0) is 18.2. The lowest BCUT2D eigenvalue weighted by Gasteiger charge is -2.19. The first-order chi connectivity index (χ1) is 11.1. The van der Waals surface area contributed by atoms with Crippen LogP contribution in [0, 0.1) is 11.7 Å². The normalized spacial score (nSPS) is 12.9. The third kappa shape index (κ3) is 3.29. The van der Waals surface area contributed by atoms with Crippen LogP contribution in [-0.4, -0.2) is 27.3 Å². The lowest BCUT2D eigenvalue weighted by Crippen LogP contribution is -2.43. The monoisotopic (exact) mass is 353 g/mol. The smallest absolute Gasteiger partial charge is 0.257 e. The van der Waals surface area contributed by atoms with Crippen LogP contribution in [0.25, 0.3) is 11.0 Å². The van der Waals surface area contributed by atoms with E-state index < -0.39 is 17.8 Å². The third-order valence-electron chi connectivity index (χ3n) is 3.90. The minimum Gasteiger partial charge on any atom is -0.342 e. The molecule has 2 aromatic rings. The number of Topliss-reactive ketones (excluding diaryl/α,β-unsaturated/α-hetero) is 1. The van der Waals surface area contributed by atoms with Gasteiger partial charge in [-0.2, -0.15) is 0 Å². The van der Waals surface area contributed by atoms with Gasteiger partial charge in [-0.25, -0.2) is 9.37 Å². The van der Waals surface area contributed by atoms with E-state index in [-0.39, 0.29) is 34.1 Å². The predicted octanol–water partition coefficient (Wildman–Crippen LogP) is 3.75. The summed E-state index contributed by atoms with van der Waals surface area (Å²) in [4.78, 5) is 28.4. The van der Waals surface area contributed by atoms with E-state index in [2.05, 4.69) is 10.3 Å². The van der Waals surface area contributed by atoms with E-state index in [0.29, 0.717) is 5.52 Å². The fourth-order valence-electron chi connectivity index (χ4n) is 2.77. The number of carbonyl (C=O) groups is 2. The van der Waals surface area contributed by atoms with Crippen molar-refractivity contribution in [3.63, 3.8) is 0 Å². The fraction of sp³-hybridized carbons (Fsp3) is 0.471. The highest BCUT2D eigenvalue weighted by atomic mass is 35.5. The Bertz CT molecular complexity index is 799. The molecule has 130 valence electrons. The minimum atomic E-state index is -0.698. The second-order valence-electron chi connectivity index (χ2n) is 6.44. The van der Waals surface area contributed by atoms with Gasteiger partial charge in [0.1, 0.15) is 16.9 Å². The Balaban J connectivity index is 2.55. The van der Waals surface area contributed by atoms with Gasteiger partial charge in [0.25, 0.3) is 5.91 Å². The van der Waals surface area contributed by atoms with Crippen LogP contribution in [0.2, 0.25) is 5.28 Å². The molecule has 0 aliphatic rings. The van der Waals surface area contributed by atoms with Gasteiger partial charge in [-0.3, -0.25) is 9.59 Å². The number of hydrogen-bond acceptors (Lipinski definition) is 3. The van der Waals surface area contributed by atoms with Crippen molar-refractivity contribution in [1.82, 2.24) is 14.9 Å². The van der Waals surface area contributed by atoms with Gasteiger partial charge >= 0.3 is 0 Å². The highest BCUT2D eigenvalue weighted by Crippen LogP contribution is 2.28. The van der Waals surface area contributed by atoms with Crippen LogP contribution in [0.1, 0.15) is 51.0 Å². The van der Waals surface area contributed by atoms with Gasteiger partial charge in [-0.1, -0.05) is 13.8 Å². The van der Waals surface area contributed by atoms with Crippen molar-refractivity contribution in [2.75, 3.05) is 0 Å². The fourth-order valence-corrected chi connectivity index (χ4v) is 3.14. The average molecular weight is 354 g/mol. The molecule has 2 rings (SSSR count). The second-order valence-corrected chi connectivity index (χ2v) is 6.78. The average Bonchev–Trinajstić information content (AvgIpc) is 2.79. The van der Waals surface area contributed by atoms with Crippen LogP contribution in [0.15, 0.2) is 12.1 Å². The SMILES string of the molecule is CC(=O)C(NC(=O)c1c(F)ccc2c1nc(Cl)n2C(C)C)C(C)C. The molecule has 1 aromatic carbocycles. The summed E-state index contributed by atoms with van der Waals surface area (Å²) in [6.45, 7) is 8.86. The summed E-state index contributed by atoms with van der Waals surface area (Å²) in [6.07, 6.45) is 0.